The summed E-state index contributed by atoms with van der Waals surface area (Å²) < 4.78 is 5.72. The van der Waals surface area contributed by atoms with Crippen molar-refractivity contribution in [3.05, 3.63) is 23.9 Å². The molecular weight excluding hydrogens is 508 g/mol. The van der Waals surface area contributed by atoms with Crippen molar-refractivity contribution in [1.82, 2.24) is 25.2 Å². The van der Waals surface area contributed by atoms with Crippen molar-refractivity contribution in [3.63, 3.8) is 0 Å². The first-order valence-electron chi connectivity index (χ1n) is 14.9. The molecule has 10 heteroatoms. The van der Waals surface area contributed by atoms with Gasteiger partial charge in [0.1, 0.15) is 11.4 Å². The van der Waals surface area contributed by atoms with Crippen LogP contribution in [0.5, 0.6) is 0 Å². The minimum absolute atomic E-state index is 0.195. The topological polar surface area (TPSA) is 98.3 Å². The highest BCUT2D eigenvalue weighted by Crippen LogP contribution is 2.28. The average molecular weight is 557 g/mol. The van der Waals surface area contributed by atoms with Gasteiger partial charge in [-0.1, -0.05) is 6.07 Å². The molecule has 3 saturated heterocycles. The van der Waals surface area contributed by atoms with Crippen LogP contribution in [0.25, 0.3) is 0 Å². The number of piperidine rings is 2. The highest BCUT2D eigenvalue weighted by molar-refractivity contribution is 6.00. The number of hydrogen-bond donors (Lipinski definition) is 1. The van der Waals surface area contributed by atoms with E-state index < -0.39 is 5.60 Å². The number of nitrogens with one attached hydrogen (secondary N) is 1. The van der Waals surface area contributed by atoms with Crippen LogP contribution in [0.2, 0.25) is 0 Å². The van der Waals surface area contributed by atoms with Crippen LogP contribution in [0.1, 0.15) is 85.1 Å². The lowest BCUT2D eigenvalue weighted by Crippen LogP contribution is -2.59. The molecule has 3 aliphatic rings. The Kier molecular flexibility index (Phi) is 9.40. The number of amides is 3. The van der Waals surface area contributed by atoms with E-state index in [-0.39, 0.29) is 29.4 Å². The van der Waals surface area contributed by atoms with E-state index in [4.69, 9.17) is 4.74 Å². The van der Waals surface area contributed by atoms with E-state index in [0.717, 1.165) is 70.0 Å². The fraction of sp³-hybridized carbons (Fsp3) is 0.733. The molecule has 1 atom stereocenters. The zero-order chi connectivity index (χ0) is 29.1. The van der Waals surface area contributed by atoms with Crippen molar-refractivity contribution in [3.8, 4) is 0 Å². The van der Waals surface area contributed by atoms with Crippen molar-refractivity contribution >= 4 is 23.7 Å². The molecule has 4 rings (SSSR count). The summed E-state index contributed by atoms with van der Waals surface area (Å²) in [7, 11) is 0. The van der Waals surface area contributed by atoms with Crippen molar-refractivity contribution in [2.75, 3.05) is 50.7 Å². The van der Waals surface area contributed by atoms with Gasteiger partial charge in [-0.05, 0) is 91.3 Å². The average Bonchev–Trinajstić information content (AvgIpc) is 2.87. The van der Waals surface area contributed by atoms with E-state index in [1.54, 1.807) is 6.20 Å². The summed E-state index contributed by atoms with van der Waals surface area (Å²) in [5.74, 6) is 0.892. The van der Waals surface area contributed by atoms with Crippen LogP contribution in [0.15, 0.2) is 18.3 Å². The standard InChI is InChI=1S/C30H48N6O4/c1-29(2,3)36(28(39)40-30(4,5)6)35-15-12-22(13-16-35)11-14-33-17-19-34(20-18-33)25-9-7-23(21-31-25)24-8-10-26(37)32-27(24)38/h7,9,21-22,24H,8,10-20H2,1-6H3,(H,32,37,38). The largest absolute Gasteiger partial charge is 0.443 e. The minimum atomic E-state index is -0.516. The fourth-order valence-electron chi connectivity index (χ4n) is 5.89. The van der Waals surface area contributed by atoms with Gasteiger partial charge in [0.2, 0.25) is 11.8 Å². The zero-order valence-corrected chi connectivity index (χ0v) is 25.2. The molecule has 0 saturated carbocycles. The maximum absolute atomic E-state index is 13.0. The van der Waals surface area contributed by atoms with Crippen molar-refractivity contribution in [1.29, 1.82) is 0 Å². The summed E-state index contributed by atoms with van der Waals surface area (Å²) in [4.78, 5) is 46.1. The third-order valence-electron chi connectivity index (χ3n) is 8.04. The molecule has 1 unspecified atom stereocenters. The van der Waals surface area contributed by atoms with Gasteiger partial charge in [-0.2, -0.15) is 0 Å². The molecule has 3 amide bonds. The van der Waals surface area contributed by atoms with Crippen molar-refractivity contribution in [2.45, 2.75) is 90.7 Å². The summed E-state index contributed by atoms with van der Waals surface area (Å²) in [5, 5.41) is 6.43. The Morgan fingerprint density at radius 3 is 2.23 bits per heavy atom. The number of carbonyl (C=O) groups is 3. The van der Waals surface area contributed by atoms with E-state index in [1.165, 1.54) is 6.42 Å². The fourth-order valence-corrected chi connectivity index (χ4v) is 5.89. The number of imide groups is 1. The van der Waals surface area contributed by atoms with Gasteiger partial charge in [-0.3, -0.25) is 19.8 Å². The molecule has 1 aromatic heterocycles. The van der Waals surface area contributed by atoms with Gasteiger partial charge < -0.3 is 9.64 Å². The van der Waals surface area contributed by atoms with Crippen LogP contribution in [0, 0.1) is 5.92 Å². The molecule has 40 heavy (non-hydrogen) atoms. The van der Waals surface area contributed by atoms with Crippen molar-refractivity contribution < 1.29 is 19.1 Å². The zero-order valence-electron chi connectivity index (χ0n) is 25.2. The molecule has 0 radical (unpaired) electrons. The normalized spacial score (nSPS) is 22.2. The van der Waals surface area contributed by atoms with Gasteiger partial charge in [0.05, 0.1) is 11.5 Å². The van der Waals surface area contributed by atoms with Gasteiger partial charge in [-0.15, -0.1) is 0 Å². The van der Waals surface area contributed by atoms with E-state index in [1.807, 2.05) is 37.9 Å². The highest BCUT2D eigenvalue weighted by Gasteiger charge is 2.37. The Balaban J connectivity index is 1.20. The summed E-state index contributed by atoms with van der Waals surface area (Å²) >= 11 is 0. The number of pyridine rings is 1. The summed E-state index contributed by atoms with van der Waals surface area (Å²) in [6.07, 6.45) is 5.78. The first-order valence-corrected chi connectivity index (χ1v) is 14.9. The molecule has 4 heterocycles. The smallest absolute Gasteiger partial charge is 0.425 e. The number of carbonyl (C=O) groups excluding carboxylic acids is 3. The van der Waals surface area contributed by atoms with Gasteiger partial charge in [-0.25, -0.2) is 19.8 Å². The molecule has 0 spiro atoms. The Morgan fingerprint density at radius 1 is 1.00 bits per heavy atom. The van der Waals surface area contributed by atoms with Gasteiger partial charge >= 0.3 is 6.09 Å². The quantitative estimate of drug-likeness (QED) is 0.529. The third-order valence-corrected chi connectivity index (χ3v) is 8.04. The predicted octanol–water partition coefficient (Wildman–Crippen LogP) is 3.78. The van der Waals surface area contributed by atoms with E-state index in [9.17, 15) is 14.4 Å². The molecule has 3 fully saturated rings. The lowest BCUT2D eigenvalue weighted by molar-refractivity contribution is -0.134. The van der Waals surface area contributed by atoms with Gasteiger partial charge in [0.25, 0.3) is 0 Å². The Bertz CT molecular complexity index is 1030. The summed E-state index contributed by atoms with van der Waals surface area (Å²) in [5.41, 5.74) is 0.0165. The molecule has 3 aliphatic heterocycles. The number of anilines is 1. The van der Waals surface area contributed by atoms with E-state index in [2.05, 4.69) is 45.9 Å². The molecule has 1 N–H and O–H groups in total. The van der Waals surface area contributed by atoms with Crippen LogP contribution >= 0.6 is 0 Å². The Morgan fingerprint density at radius 2 is 1.68 bits per heavy atom. The molecule has 0 aromatic carbocycles. The summed E-state index contributed by atoms with van der Waals surface area (Å²) in [6.45, 7) is 18.6. The SMILES string of the molecule is CC(C)(C)OC(=O)N(N1CCC(CCN2CCN(c3ccc(C4CCC(=O)NC4=O)cn3)CC2)CC1)C(C)(C)C. The number of piperazine rings is 1. The second-order valence-corrected chi connectivity index (χ2v) is 13.4. The van der Waals surface area contributed by atoms with Gasteiger partial charge in [0, 0.05) is 51.9 Å². The second-order valence-electron chi connectivity index (χ2n) is 13.4. The number of hydrazine groups is 1. The van der Waals surface area contributed by atoms with Crippen LogP contribution in [0.3, 0.4) is 0 Å². The summed E-state index contributed by atoms with van der Waals surface area (Å²) in [6, 6.07) is 3.98. The molecular formula is C30H48N6O4. The minimum Gasteiger partial charge on any atom is -0.443 e. The van der Waals surface area contributed by atoms with Crippen molar-refractivity contribution in [2.24, 2.45) is 5.92 Å². The molecule has 1 aromatic rings. The number of rotatable bonds is 6. The second kappa shape index (κ2) is 12.4. The lowest BCUT2D eigenvalue weighted by Gasteiger charge is -2.46. The molecule has 0 bridgehead atoms. The molecule has 10 nitrogen and oxygen atoms in total. The number of hydrogen-bond acceptors (Lipinski definition) is 8. The number of aromatic nitrogens is 1. The third kappa shape index (κ3) is 7.94. The first-order chi connectivity index (χ1) is 18.8. The van der Waals surface area contributed by atoms with E-state index >= 15 is 0 Å². The molecule has 222 valence electrons. The number of ether oxygens (including phenoxy) is 1. The molecule has 0 aliphatic carbocycles. The van der Waals surface area contributed by atoms with Crippen LogP contribution in [-0.2, 0) is 14.3 Å². The highest BCUT2D eigenvalue weighted by atomic mass is 16.6. The van der Waals surface area contributed by atoms with E-state index in [0.29, 0.717) is 18.8 Å². The Hall–Kier alpha value is -2.72. The maximum Gasteiger partial charge on any atom is 0.425 e. The van der Waals surface area contributed by atoms with Crippen LogP contribution < -0.4 is 10.2 Å². The maximum atomic E-state index is 13.0. The first kappa shape index (κ1) is 30.2. The number of nitrogens with zero attached hydrogens (tertiary/aromatic N) is 5. The van der Waals surface area contributed by atoms with Crippen LogP contribution in [0.4, 0.5) is 10.6 Å². The van der Waals surface area contributed by atoms with Gasteiger partial charge in [0.15, 0.2) is 0 Å². The monoisotopic (exact) mass is 556 g/mol. The Labute approximate surface area is 239 Å². The lowest BCUT2D eigenvalue weighted by atomic mass is 9.92. The van der Waals surface area contributed by atoms with Crippen LogP contribution in [-0.4, -0.2) is 94.8 Å². The predicted molar refractivity (Wildman–Crippen MR) is 155 cm³/mol.